The van der Waals surface area contributed by atoms with E-state index in [2.05, 4.69) is 36.9 Å². The van der Waals surface area contributed by atoms with Gasteiger partial charge in [-0.1, -0.05) is 48.5 Å². The zero-order valence-electron chi connectivity index (χ0n) is 41.3. The van der Waals surface area contributed by atoms with Gasteiger partial charge in [0.15, 0.2) is 9.79 Å². The third-order valence-corrected chi connectivity index (χ3v) is 18.2. The number of primary sulfonamides is 1. The second kappa shape index (κ2) is 30.9. The molecule has 0 atom stereocenters. The maximum Gasteiger partial charge on any atom is 0.348 e. The molecule has 0 aliphatic carbocycles. The number of fused-ring (bicyclic) bond motifs is 2. The Bertz CT molecular complexity index is 3360. The number of alkyl halides is 2. The molecule has 0 saturated carbocycles. The molecule has 416 valence electrons. The van der Waals surface area contributed by atoms with Gasteiger partial charge in [-0.05, 0) is 70.6 Å². The van der Waals surface area contributed by atoms with Crippen LogP contribution in [0.25, 0.3) is 0 Å². The lowest BCUT2D eigenvalue weighted by molar-refractivity contribution is -0.388. The predicted molar refractivity (Wildman–Crippen MR) is 300 cm³/mol. The van der Waals surface area contributed by atoms with Gasteiger partial charge in [-0.3, -0.25) is 20.2 Å². The zero-order valence-corrected chi connectivity index (χ0v) is 48.6. The van der Waals surface area contributed by atoms with Crippen LogP contribution in [0.1, 0.15) is 70.0 Å². The summed E-state index contributed by atoms with van der Waals surface area (Å²) in [5, 5.41) is 31.2. The van der Waals surface area contributed by atoms with Gasteiger partial charge < -0.3 is 24.3 Å². The number of halogens is 2. The van der Waals surface area contributed by atoms with Crippen molar-refractivity contribution in [1.82, 2.24) is 9.62 Å². The molecule has 2 aliphatic heterocycles. The summed E-state index contributed by atoms with van der Waals surface area (Å²) >= 11 is 20.8. The number of ether oxygens (including phenoxy) is 4. The summed E-state index contributed by atoms with van der Waals surface area (Å²) in [6, 6.07) is 28.7. The van der Waals surface area contributed by atoms with Crippen LogP contribution < -0.4 is 10.5 Å². The highest BCUT2D eigenvalue weighted by Gasteiger charge is 2.36. The van der Waals surface area contributed by atoms with Gasteiger partial charge in [-0.15, -0.1) is 81.2 Å². The van der Waals surface area contributed by atoms with Crippen molar-refractivity contribution in [3.63, 3.8) is 0 Å². The highest BCUT2D eigenvalue weighted by Crippen LogP contribution is 2.37. The highest BCUT2D eigenvalue weighted by molar-refractivity contribution is 7.89. The molecule has 7 aromatic rings. The molecule has 0 radical (unpaired) electrons. The topological polar surface area (TPSA) is 301 Å². The third kappa shape index (κ3) is 18.2. The number of benzene rings is 3. The van der Waals surface area contributed by atoms with E-state index in [0.717, 1.165) is 55.8 Å². The number of para-hydroxylation sites is 2. The van der Waals surface area contributed by atoms with Gasteiger partial charge >= 0.3 is 23.9 Å². The smallest absolute Gasteiger partial charge is 0.348 e. The molecule has 0 bridgehead atoms. The lowest BCUT2D eigenvalue weighted by Crippen LogP contribution is -2.26. The number of thiol groups is 1. The van der Waals surface area contributed by atoms with Gasteiger partial charge in [0.1, 0.15) is 19.5 Å². The number of nitrogens with zero attached hydrogens (tertiary/aromatic N) is 3. The minimum atomic E-state index is -4.02. The monoisotopic (exact) mass is 1240 g/mol. The van der Waals surface area contributed by atoms with Gasteiger partial charge in [-0.2, -0.15) is 4.31 Å². The molecule has 21 nitrogen and oxygen atoms in total. The number of nitro groups is 2. The normalized spacial score (nSPS) is 12.0. The van der Waals surface area contributed by atoms with Crippen molar-refractivity contribution in [3.8, 4) is 0 Å². The number of sulfonamides is 2. The number of carbonyl (C=O) groups is 4. The summed E-state index contributed by atoms with van der Waals surface area (Å²) in [5.41, 5.74) is 1.89. The van der Waals surface area contributed by atoms with Crippen LogP contribution in [-0.2, 0) is 76.9 Å². The van der Waals surface area contributed by atoms with Crippen molar-refractivity contribution < 1.29 is 64.8 Å². The van der Waals surface area contributed by atoms with Crippen LogP contribution in [0.15, 0.2) is 129 Å². The second-order valence-electron chi connectivity index (χ2n) is 15.1. The summed E-state index contributed by atoms with van der Waals surface area (Å²) in [6.45, 7) is 1.91. The maximum atomic E-state index is 12.7. The number of nitrogens with one attached hydrogen (secondary N) is 1. The van der Waals surface area contributed by atoms with E-state index in [-0.39, 0.29) is 35.9 Å². The van der Waals surface area contributed by atoms with Crippen molar-refractivity contribution >= 4 is 136 Å². The number of thiophene rings is 4. The number of hydrogen-bond acceptors (Lipinski definition) is 22. The maximum absolute atomic E-state index is 12.7. The van der Waals surface area contributed by atoms with Crippen LogP contribution in [0.3, 0.4) is 0 Å². The molecule has 9 rings (SSSR count). The SMILES string of the molecule is COC(=O)c1cc(CCl)c(CCl)s1.COC(=O)c1cc2c(s1)CN(S(=O)(=O)c1ccccc1[N+](=O)[O-])C2.COC(=O)c1cc2c(s1)CNC2.COC(=O)c1cccs1.NS(=O)(=O)c1ccccc1[N+](=O)[O-].Sc1ccccc1. The average Bonchev–Trinajstić information content (AvgIpc) is 4.31. The fourth-order valence-electron chi connectivity index (χ4n) is 6.42. The molecule has 0 fully saturated rings. The van der Waals surface area contributed by atoms with Gasteiger partial charge in [0.2, 0.25) is 10.0 Å². The lowest BCUT2D eigenvalue weighted by atomic mass is 10.3. The fraction of sp³-hybridized carbons (Fsp3) is 0.208. The molecule has 78 heavy (non-hydrogen) atoms. The summed E-state index contributed by atoms with van der Waals surface area (Å²) in [6.07, 6.45) is 0. The van der Waals surface area contributed by atoms with Gasteiger partial charge in [0, 0.05) is 63.7 Å². The van der Waals surface area contributed by atoms with Crippen molar-refractivity contribution in [3.05, 3.63) is 186 Å². The molecule has 0 saturated heterocycles. The van der Waals surface area contributed by atoms with Crippen LogP contribution in [-0.4, -0.2) is 83.3 Å². The Balaban J connectivity index is 0.000000212. The van der Waals surface area contributed by atoms with Crippen molar-refractivity contribution in [1.29, 1.82) is 0 Å². The molecule has 4 aromatic heterocycles. The van der Waals surface area contributed by atoms with Gasteiger partial charge in [-0.25, -0.2) is 41.2 Å². The summed E-state index contributed by atoms with van der Waals surface area (Å²) in [5.74, 6) is -0.547. The van der Waals surface area contributed by atoms with Crippen LogP contribution >= 0.6 is 81.2 Å². The lowest BCUT2D eigenvalue weighted by Gasteiger charge is -2.15. The van der Waals surface area contributed by atoms with Crippen LogP contribution in [0.5, 0.6) is 0 Å². The molecular weight excluding hydrogens is 1200 g/mol. The first-order valence-electron chi connectivity index (χ1n) is 21.8. The van der Waals surface area contributed by atoms with E-state index in [0.29, 0.717) is 36.8 Å². The Morgan fingerprint density at radius 2 is 1.12 bits per heavy atom. The zero-order chi connectivity index (χ0) is 57.7. The minimum absolute atomic E-state index is 0.0667. The van der Waals surface area contributed by atoms with E-state index >= 15 is 0 Å². The number of nitrogens with two attached hydrogens (primary N) is 1. The van der Waals surface area contributed by atoms with E-state index in [1.165, 1.54) is 115 Å². The molecule has 0 unspecified atom stereocenters. The van der Waals surface area contributed by atoms with E-state index in [1.807, 2.05) is 47.8 Å². The number of rotatable bonds is 11. The number of nitro benzene ring substituents is 2. The number of carbonyl (C=O) groups excluding carboxylic acids is 4. The third-order valence-electron chi connectivity index (χ3n) is 10.1. The standard InChI is InChI=1S/C14H12N2O6S2.C8H8Cl2O2S.C8H9NO2S.C6H6N2O4S.C6H6O2S.C6H6S/c1-22-14(17)11-6-9-7-15(8-12(9)23-11)24(20,21)13-5-3-2-4-10(13)16(18)19;1-12-8(11)6-2-5(3-9)7(4-10)13-6;1-11-8(10)6-2-5-3-9-4-7(5)12-6;7-13(11,12)6-4-2-1-3-5(6)8(9)10;1-8-6(7)5-3-2-4-9-5;7-6-4-2-1-3-5-6/h2-6H,7-8H2,1H3;2H,3-4H2,1H3;2,9H,3-4H2,1H3;1-4H,(H2,7,11,12);2-4H,1H3;1-5,7H. The average molecular weight is 1250 g/mol. The molecule has 2 aliphatic rings. The molecule has 30 heteroatoms. The minimum Gasteiger partial charge on any atom is -0.465 e. The Kier molecular flexibility index (Phi) is 25.5. The van der Waals surface area contributed by atoms with E-state index < -0.39 is 52.1 Å². The van der Waals surface area contributed by atoms with E-state index in [9.17, 15) is 56.2 Å². The first-order valence-corrected chi connectivity index (χ1v) is 29.7. The van der Waals surface area contributed by atoms with Crippen LogP contribution in [0.2, 0.25) is 0 Å². The van der Waals surface area contributed by atoms with Gasteiger partial charge in [0.25, 0.3) is 21.4 Å². The molecule has 3 N–H and O–H groups in total. The fourth-order valence-corrected chi connectivity index (χ4v) is 13.3. The first-order chi connectivity index (χ1) is 37.0. The summed E-state index contributed by atoms with van der Waals surface area (Å²) < 4.78 is 66.6. The Morgan fingerprint density at radius 3 is 1.54 bits per heavy atom. The molecule has 0 spiro atoms. The molecule has 6 heterocycles. The summed E-state index contributed by atoms with van der Waals surface area (Å²) in [7, 11) is -2.62. The van der Waals surface area contributed by atoms with Gasteiger partial charge in [0.05, 0.1) is 44.2 Å². The summed E-state index contributed by atoms with van der Waals surface area (Å²) in [4.78, 5) is 69.8. The quantitative estimate of drug-likeness (QED) is 0.0271. The Labute approximate surface area is 479 Å². The number of esters is 4. The van der Waals surface area contributed by atoms with E-state index in [1.54, 1.807) is 18.2 Å². The number of hydrogen-bond donors (Lipinski definition) is 3. The molecular formula is C48H47Cl2N5O16S7. The van der Waals surface area contributed by atoms with Crippen LogP contribution in [0, 0.1) is 20.2 Å². The second-order valence-corrected chi connectivity index (χ2v) is 23.9. The predicted octanol–water partition coefficient (Wildman–Crippen LogP) is 10.0. The van der Waals surface area contributed by atoms with E-state index in [4.69, 9.17) is 28.3 Å². The Hall–Kier alpha value is -6.15. The molecule has 3 aromatic carbocycles. The largest absolute Gasteiger partial charge is 0.465 e. The van der Waals surface area contributed by atoms with Crippen molar-refractivity contribution in [2.45, 2.75) is 52.6 Å². The van der Waals surface area contributed by atoms with Crippen molar-refractivity contribution in [2.24, 2.45) is 5.14 Å². The first kappa shape index (κ1) is 64.4. The highest BCUT2D eigenvalue weighted by atomic mass is 35.5. The van der Waals surface area contributed by atoms with Crippen molar-refractivity contribution in [2.75, 3.05) is 28.4 Å². The Morgan fingerprint density at radius 1 is 0.628 bits per heavy atom. The van der Waals surface area contributed by atoms with Crippen LogP contribution in [0.4, 0.5) is 11.4 Å². The number of methoxy groups -OCH3 is 4. The molecule has 0 amide bonds.